The van der Waals surface area contributed by atoms with E-state index in [1.165, 1.54) is 22.7 Å². The van der Waals surface area contributed by atoms with Crippen LogP contribution in [-0.4, -0.2) is 112 Å². The first kappa shape index (κ1) is 45.6. The van der Waals surface area contributed by atoms with Gasteiger partial charge >= 0.3 is 0 Å². The van der Waals surface area contributed by atoms with E-state index >= 15 is 0 Å². The number of ether oxygens (including phenoxy) is 2. The fourth-order valence-electron chi connectivity index (χ4n) is 9.21. The second-order valence-electron chi connectivity index (χ2n) is 18.0. The van der Waals surface area contributed by atoms with E-state index < -0.39 is 18.1 Å². The molecule has 18 heteroatoms. The summed E-state index contributed by atoms with van der Waals surface area (Å²) in [6.07, 6.45) is 2.20. The molecular weight excluding hydrogens is 881 g/mol. The largest absolute Gasteiger partial charge is 0.490 e. The predicted octanol–water partition coefficient (Wildman–Crippen LogP) is 7.94. The van der Waals surface area contributed by atoms with Crippen LogP contribution in [0.2, 0.25) is 0 Å². The standard InChI is InChI=1S/C48H56N8O8S2/c1-28(2)45(48(59)55-26-34(57)21-40(55)47(58)50-29(3)31-6-8-32(9-7-31)46-30(4)49-27-65-46)41-25-44(52-64-41)54-17-15-53(16-18-54)14-5-19-62-36-22-37(23-36)63-35-11-13-39-43(24-35)66-42-20-33(56(60)61)10-12-38(42)51-39/h6-13,20,24-25,27-29,34,36-37,40,45,51,57H,5,14-19,21-23,26H2,1-4H3,(H,50,58)/t29-,34+,36-,37-,40-,45?/m0/s1. The molecule has 0 bridgehead atoms. The predicted molar refractivity (Wildman–Crippen MR) is 253 cm³/mol. The molecule has 348 valence electrons. The number of carbonyl (C=O) groups excluding carboxylic acids is 2. The highest BCUT2D eigenvalue weighted by Crippen LogP contribution is 2.47. The van der Waals surface area contributed by atoms with Crippen molar-refractivity contribution < 1.29 is 33.6 Å². The number of aliphatic hydroxyl groups excluding tert-OH is 1. The van der Waals surface area contributed by atoms with Crippen molar-refractivity contribution >= 4 is 57.8 Å². The Morgan fingerprint density at radius 1 is 0.985 bits per heavy atom. The third-order valence-electron chi connectivity index (χ3n) is 13.0. The normalized spacial score (nSPS) is 21.4. The van der Waals surface area contributed by atoms with E-state index in [-0.39, 0.29) is 59.6 Å². The number of likely N-dealkylation sites (tertiary alicyclic amines) is 1. The molecule has 4 aliphatic rings. The lowest BCUT2D eigenvalue weighted by Crippen LogP contribution is -2.48. The summed E-state index contributed by atoms with van der Waals surface area (Å²) in [6.45, 7) is 12.8. The first-order valence-corrected chi connectivity index (χ1v) is 24.4. The molecule has 16 nitrogen and oxygen atoms in total. The molecule has 1 aliphatic carbocycles. The Hall–Kier alpha value is -5.53. The van der Waals surface area contributed by atoms with Crippen LogP contribution in [0.1, 0.15) is 75.4 Å². The smallest absolute Gasteiger partial charge is 0.270 e. The van der Waals surface area contributed by atoms with Crippen LogP contribution >= 0.6 is 23.1 Å². The van der Waals surface area contributed by atoms with Gasteiger partial charge in [0.15, 0.2) is 11.6 Å². The zero-order valence-corrected chi connectivity index (χ0v) is 39.2. The topological polar surface area (TPSA) is 189 Å². The van der Waals surface area contributed by atoms with Crippen molar-refractivity contribution in [3.63, 3.8) is 0 Å². The van der Waals surface area contributed by atoms with Gasteiger partial charge in [-0.2, -0.15) is 0 Å². The number of rotatable bonds is 16. The molecule has 2 aromatic heterocycles. The van der Waals surface area contributed by atoms with Gasteiger partial charge < -0.3 is 39.5 Å². The fourth-order valence-corrected chi connectivity index (χ4v) is 11.1. The molecule has 3 fully saturated rings. The number of hydrogen-bond donors (Lipinski definition) is 3. The van der Waals surface area contributed by atoms with Gasteiger partial charge in [0.25, 0.3) is 5.69 Å². The second kappa shape index (κ2) is 19.7. The lowest BCUT2D eigenvalue weighted by atomic mass is 9.91. The van der Waals surface area contributed by atoms with E-state index in [2.05, 4.69) is 30.6 Å². The Kier molecular flexibility index (Phi) is 13.6. The number of aromatic nitrogens is 2. The van der Waals surface area contributed by atoms with Crippen LogP contribution in [-0.2, 0) is 14.3 Å². The third-order valence-corrected chi connectivity index (χ3v) is 15.1. The number of fused-ring (bicyclic) bond motifs is 2. The van der Waals surface area contributed by atoms with Crippen LogP contribution < -0.4 is 20.3 Å². The maximum Gasteiger partial charge on any atom is 0.270 e. The number of anilines is 3. The molecule has 9 rings (SSSR count). The van der Waals surface area contributed by atoms with Gasteiger partial charge in [0.2, 0.25) is 11.8 Å². The summed E-state index contributed by atoms with van der Waals surface area (Å²) in [5, 5.41) is 32.8. The van der Waals surface area contributed by atoms with E-state index in [4.69, 9.17) is 14.0 Å². The van der Waals surface area contributed by atoms with Gasteiger partial charge in [-0.05, 0) is 61.6 Å². The average Bonchev–Trinajstić information content (AvgIpc) is 4.06. The molecule has 3 aromatic carbocycles. The molecule has 0 radical (unpaired) electrons. The van der Waals surface area contributed by atoms with Crippen LogP contribution in [0, 0.1) is 23.0 Å². The Morgan fingerprint density at radius 3 is 2.44 bits per heavy atom. The molecule has 4 atom stereocenters. The Morgan fingerprint density at radius 2 is 1.73 bits per heavy atom. The van der Waals surface area contributed by atoms with Gasteiger partial charge in [0, 0.05) is 93.1 Å². The molecule has 2 amide bonds. The van der Waals surface area contributed by atoms with E-state index in [9.17, 15) is 24.8 Å². The van der Waals surface area contributed by atoms with Crippen molar-refractivity contribution in [3.05, 3.63) is 99.4 Å². The molecule has 66 heavy (non-hydrogen) atoms. The summed E-state index contributed by atoms with van der Waals surface area (Å²) in [5.74, 6) is 0.566. The van der Waals surface area contributed by atoms with Crippen LogP contribution in [0.5, 0.6) is 5.75 Å². The number of piperazine rings is 1. The van der Waals surface area contributed by atoms with Crippen LogP contribution in [0.4, 0.5) is 22.9 Å². The summed E-state index contributed by atoms with van der Waals surface area (Å²) in [6, 6.07) is 19.6. The van der Waals surface area contributed by atoms with Crippen LogP contribution in [0.25, 0.3) is 10.4 Å². The van der Waals surface area contributed by atoms with E-state index in [1.807, 2.05) is 81.7 Å². The maximum absolute atomic E-state index is 14.3. The van der Waals surface area contributed by atoms with E-state index in [1.54, 1.807) is 23.5 Å². The van der Waals surface area contributed by atoms with Gasteiger partial charge in [-0.3, -0.25) is 24.6 Å². The Labute approximate surface area is 392 Å². The zero-order chi connectivity index (χ0) is 46.1. The monoisotopic (exact) mass is 936 g/mol. The number of aryl methyl sites for hydroxylation is 1. The summed E-state index contributed by atoms with van der Waals surface area (Å²) in [7, 11) is 0. The molecule has 2 saturated heterocycles. The minimum absolute atomic E-state index is 0.0693. The summed E-state index contributed by atoms with van der Waals surface area (Å²) in [4.78, 5) is 52.3. The lowest BCUT2D eigenvalue weighted by Gasteiger charge is -2.36. The number of nitrogens with one attached hydrogen (secondary N) is 2. The highest BCUT2D eigenvalue weighted by atomic mass is 32.2. The minimum Gasteiger partial charge on any atom is -0.490 e. The number of carbonyl (C=O) groups is 2. The maximum atomic E-state index is 14.3. The van der Waals surface area contributed by atoms with Gasteiger partial charge in [-0.25, -0.2) is 4.98 Å². The van der Waals surface area contributed by atoms with Crippen LogP contribution in [0.3, 0.4) is 0 Å². The van der Waals surface area contributed by atoms with Crippen molar-refractivity contribution in [2.75, 3.05) is 56.1 Å². The molecule has 5 heterocycles. The highest BCUT2D eigenvalue weighted by molar-refractivity contribution is 7.99. The Bertz CT molecular complexity index is 2540. The summed E-state index contributed by atoms with van der Waals surface area (Å²) >= 11 is 3.09. The minimum atomic E-state index is -0.809. The number of thiazole rings is 1. The molecule has 1 saturated carbocycles. The average molecular weight is 937 g/mol. The number of nitrogens with zero attached hydrogens (tertiary/aromatic N) is 6. The van der Waals surface area contributed by atoms with Crippen LogP contribution in [0.15, 0.2) is 86.6 Å². The van der Waals surface area contributed by atoms with Gasteiger partial charge in [0.1, 0.15) is 23.8 Å². The molecule has 3 N–H and O–H groups in total. The fraction of sp³-hybridized carbons (Fsp3) is 0.458. The number of nitro benzene ring substituents is 1. The van der Waals surface area contributed by atoms with E-state index in [0.717, 1.165) is 101 Å². The number of nitro groups is 1. The highest BCUT2D eigenvalue weighted by Gasteiger charge is 2.44. The van der Waals surface area contributed by atoms with Gasteiger partial charge in [-0.15, -0.1) is 11.3 Å². The number of non-ortho nitro benzene ring substituents is 1. The quantitative estimate of drug-likeness (QED) is 0.0482. The number of amides is 2. The first-order chi connectivity index (χ1) is 31.9. The lowest BCUT2D eigenvalue weighted by molar-refractivity contribution is -0.385. The number of β-amino-alcohol motifs (C(OH)–C–C–N with tert-alkyl or cyclic N) is 1. The van der Waals surface area contributed by atoms with Crippen molar-refractivity contribution in [3.8, 4) is 16.2 Å². The van der Waals surface area contributed by atoms with Crippen molar-refractivity contribution in [2.24, 2.45) is 5.92 Å². The number of hydrogen-bond acceptors (Lipinski definition) is 15. The Balaban J connectivity index is 0.699. The first-order valence-electron chi connectivity index (χ1n) is 22.8. The van der Waals surface area contributed by atoms with Crippen molar-refractivity contribution in [1.29, 1.82) is 0 Å². The van der Waals surface area contributed by atoms with E-state index in [0.29, 0.717) is 18.2 Å². The summed E-state index contributed by atoms with van der Waals surface area (Å²) in [5.41, 5.74) is 6.70. The molecule has 0 spiro atoms. The molecule has 3 aliphatic heterocycles. The third kappa shape index (κ3) is 10.1. The number of benzene rings is 3. The molecule has 5 aromatic rings. The molecule has 1 unspecified atom stereocenters. The van der Waals surface area contributed by atoms with Gasteiger partial charge in [-0.1, -0.05) is 55.0 Å². The number of aliphatic hydroxyl groups is 1. The molecular formula is C48H56N8O8S2. The van der Waals surface area contributed by atoms with Crippen molar-refractivity contribution in [1.82, 2.24) is 25.3 Å². The SMILES string of the molecule is Cc1ncsc1-c1ccc([C@H](C)NC(=O)[C@@H]2C[C@@H](O)CN2C(=O)C(c2cc(N3CCN(CCCO[C@H]4C[C@H](Oc5ccc6c(c5)Sc5cc([N+](=O)[O-])ccc5N6)C4)CC3)no2)C(C)C)cc1. The van der Waals surface area contributed by atoms with Crippen molar-refractivity contribution in [2.45, 2.75) is 99.5 Å². The second-order valence-corrected chi connectivity index (χ2v) is 20.0. The van der Waals surface area contributed by atoms with Gasteiger partial charge in [0.05, 0.1) is 50.6 Å². The zero-order valence-electron chi connectivity index (χ0n) is 37.6. The summed E-state index contributed by atoms with van der Waals surface area (Å²) < 4.78 is 18.3.